The third-order valence-corrected chi connectivity index (χ3v) is 2.28. The van der Waals surface area contributed by atoms with Gasteiger partial charge in [-0.1, -0.05) is 5.16 Å². The van der Waals surface area contributed by atoms with Gasteiger partial charge in [0, 0.05) is 32.1 Å². The van der Waals surface area contributed by atoms with Gasteiger partial charge >= 0.3 is 0 Å². The van der Waals surface area contributed by atoms with Crippen LogP contribution in [0.1, 0.15) is 5.69 Å². The molecule has 0 unspecified atom stereocenters. The topological polar surface area (TPSA) is 38.5 Å². The Bertz CT molecular complexity index is 230. The van der Waals surface area contributed by atoms with Crippen LogP contribution in [0, 0.1) is 0 Å². The molecule has 0 aliphatic carbocycles. The van der Waals surface area contributed by atoms with Gasteiger partial charge in [0.15, 0.2) is 0 Å². The van der Waals surface area contributed by atoms with Gasteiger partial charge in [0.2, 0.25) is 0 Å². The van der Waals surface area contributed by atoms with Crippen molar-refractivity contribution in [3.05, 3.63) is 18.0 Å². The first-order valence-corrected chi connectivity index (χ1v) is 4.64. The van der Waals surface area contributed by atoms with Crippen LogP contribution in [-0.2, 0) is 11.2 Å². The zero-order valence-corrected chi connectivity index (χ0v) is 7.61. The normalized spacial score (nSPS) is 19.1. The van der Waals surface area contributed by atoms with Gasteiger partial charge in [-0.3, -0.25) is 4.90 Å². The Morgan fingerprint density at radius 1 is 1.38 bits per heavy atom. The summed E-state index contributed by atoms with van der Waals surface area (Å²) in [6.07, 6.45) is 2.59. The van der Waals surface area contributed by atoms with Crippen LogP contribution in [0.5, 0.6) is 0 Å². The first kappa shape index (κ1) is 8.72. The predicted molar refractivity (Wildman–Crippen MR) is 47.5 cm³/mol. The van der Waals surface area contributed by atoms with E-state index in [0.29, 0.717) is 0 Å². The summed E-state index contributed by atoms with van der Waals surface area (Å²) in [6, 6.07) is 1.92. The molecular weight excluding hydrogens is 168 g/mol. The molecule has 4 nitrogen and oxygen atoms in total. The monoisotopic (exact) mass is 182 g/mol. The molecule has 1 fully saturated rings. The molecule has 1 saturated heterocycles. The molecule has 1 aromatic heterocycles. The fraction of sp³-hybridized carbons (Fsp3) is 0.667. The lowest BCUT2D eigenvalue weighted by molar-refractivity contribution is 0.0382. The molecule has 0 saturated carbocycles. The van der Waals surface area contributed by atoms with Gasteiger partial charge in [-0.25, -0.2) is 0 Å². The molecule has 0 amide bonds. The number of hydrogen-bond acceptors (Lipinski definition) is 4. The zero-order valence-electron chi connectivity index (χ0n) is 7.61. The van der Waals surface area contributed by atoms with E-state index in [-0.39, 0.29) is 0 Å². The van der Waals surface area contributed by atoms with E-state index in [1.54, 1.807) is 6.26 Å². The molecule has 72 valence electrons. The van der Waals surface area contributed by atoms with Crippen molar-refractivity contribution in [2.45, 2.75) is 6.42 Å². The third-order valence-electron chi connectivity index (χ3n) is 2.28. The number of aromatic nitrogens is 1. The Morgan fingerprint density at radius 2 is 2.23 bits per heavy atom. The van der Waals surface area contributed by atoms with Crippen molar-refractivity contribution in [1.82, 2.24) is 10.1 Å². The van der Waals surface area contributed by atoms with Crippen LogP contribution in [0.4, 0.5) is 0 Å². The SMILES string of the molecule is c1cc(CCN2CCOCC2)no1. The Morgan fingerprint density at radius 3 is 2.92 bits per heavy atom. The van der Waals surface area contributed by atoms with Gasteiger partial charge in [-0.15, -0.1) is 0 Å². The summed E-state index contributed by atoms with van der Waals surface area (Å²) < 4.78 is 10.0. The fourth-order valence-corrected chi connectivity index (χ4v) is 1.46. The van der Waals surface area contributed by atoms with E-state index in [4.69, 9.17) is 9.26 Å². The van der Waals surface area contributed by atoms with Crippen LogP contribution in [0.3, 0.4) is 0 Å². The van der Waals surface area contributed by atoms with E-state index in [1.165, 1.54) is 0 Å². The highest BCUT2D eigenvalue weighted by atomic mass is 16.5. The third kappa shape index (κ3) is 2.54. The van der Waals surface area contributed by atoms with E-state index >= 15 is 0 Å². The standard InChI is InChI=1S/C9H14N2O2/c1(9-2-6-13-10-9)3-11-4-7-12-8-5-11/h2,6H,1,3-5,7-8H2. The molecule has 13 heavy (non-hydrogen) atoms. The average Bonchev–Trinajstić information content (AvgIpc) is 2.69. The van der Waals surface area contributed by atoms with Gasteiger partial charge in [0.05, 0.1) is 18.9 Å². The summed E-state index contributed by atoms with van der Waals surface area (Å²) in [5.41, 5.74) is 1.03. The number of morpholine rings is 1. The highest BCUT2D eigenvalue weighted by molar-refractivity contribution is 4.95. The Balaban J connectivity index is 1.72. The average molecular weight is 182 g/mol. The van der Waals surface area contributed by atoms with E-state index < -0.39 is 0 Å². The first-order valence-electron chi connectivity index (χ1n) is 4.64. The van der Waals surface area contributed by atoms with Gasteiger partial charge in [-0.2, -0.15) is 0 Å². The summed E-state index contributed by atoms with van der Waals surface area (Å²) in [6.45, 7) is 4.85. The van der Waals surface area contributed by atoms with Crippen LogP contribution < -0.4 is 0 Å². The van der Waals surface area contributed by atoms with Crippen LogP contribution in [0.25, 0.3) is 0 Å². The maximum absolute atomic E-state index is 5.26. The lowest BCUT2D eigenvalue weighted by Crippen LogP contribution is -2.37. The zero-order chi connectivity index (χ0) is 8.93. The van der Waals surface area contributed by atoms with Crippen LogP contribution in [0.15, 0.2) is 16.9 Å². The van der Waals surface area contributed by atoms with Crippen molar-refractivity contribution >= 4 is 0 Å². The summed E-state index contributed by atoms with van der Waals surface area (Å²) in [7, 11) is 0. The quantitative estimate of drug-likeness (QED) is 0.684. The molecule has 0 atom stereocenters. The molecule has 0 aromatic carbocycles. The second-order valence-corrected chi connectivity index (χ2v) is 3.19. The van der Waals surface area contributed by atoms with E-state index in [9.17, 15) is 0 Å². The molecule has 0 spiro atoms. The second-order valence-electron chi connectivity index (χ2n) is 3.19. The molecule has 1 aromatic rings. The van der Waals surface area contributed by atoms with Gasteiger partial charge < -0.3 is 9.26 Å². The van der Waals surface area contributed by atoms with Crippen molar-refractivity contribution in [3.63, 3.8) is 0 Å². The summed E-state index contributed by atoms with van der Waals surface area (Å²) >= 11 is 0. The fourth-order valence-electron chi connectivity index (χ4n) is 1.46. The van der Waals surface area contributed by atoms with Gasteiger partial charge in [0.1, 0.15) is 6.26 Å². The Labute approximate surface area is 77.5 Å². The van der Waals surface area contributed by atoms with Gasteiger partial charge in [-0.05, 0) is 0 Å². The highest BCUT2D eigenvalue weighted by Gasteiger charge is 2.10. The Hall–Kier alpha value is -0.870. The number of ether oxygens (including phenoxy) is 1. The highest BCUT2D eigenvalue weighted by Crippen LogP contribution is 2.01. The molecular formula is C9H14N2O2. The molecule has 0 bridgehead atoms. The lowest BCUT2D eigenvalue weighted by atomic mass is 10.3. The largest absolute Gasteiger partial charge is 0.379 e. The minimum atomic E-state index is 0.860. The van der Waals surface area contributed by atoms with Crippen molar-refractivity contribution < 1.29 is 9.26 Å². The van der Waals surface area contributed by atoms with Crippen molar-refractivity contribution in [2.24, 2.45) is 0 Å². The summed E-state index contributed by atoms with van der Waals surface area (Å²) in [5.74, 6) is 0. The summed E-state index contributed by atoms with van der Waals surface area (Å²) in [5, 5.41) is 3.87. The first-order chi connectivity index (χ1) is 6.45. The maximum Gasteiger partial charge on any atom is 0.124 e. The van der Waals surface area contributed by atoms with Crippen LogP contribution in [-0.4, -0.2) is 42.9 Å². The lowest BCUT2D eigenvalue weighted by Gasteiger charge is -2.25. The van der Waals surface area contributed by atoms with E-state index in [2.05, 4.69) is 10.1 Å². The second kappa shape index (κ2) is 4.39. The summed E-state index contributed by atoms with van der Waals surface area (Å²) in [4.78, 5) is 2.39. The molecule has 0 N–H and O–H groups in total. The smallest absolute Gasteiger partial charge is 0.124 e. The molecule has 2 rings (SSSR count). The van der Waals surface area contributed by atoms with Crippen LogP contribution in [0.2, 0.25) is 0 Å². The minimum Gasteiger partial charge on any atom is -0.379 e. The molecule has 1 aliphatic rings. The van der Waals surface area contributed by atoms with Gasteiger partial charge in [0.25, 0.3) is 0 Å². The number of nitrogens with zero attached hydrogens (tertiary/aromatic N) is 2. The molecule has 4 heteroatoms. The van der Waals surface area contributed by atoms with Crippen LogP contribution >= 0.6 is 0 Å². The van der Waals surface area contributed by atoms with E-state index in [0.717, 1.165) is 45.0 Å². The van der Waals surface area contributed by atoms with Crippen molar-refractivity contribution in [3.8, 4) is 0 Å². The molecule has 1 aliphatic heterocycles. The number of hydrogen-bond donors (Lipinski definition) is 0. The Kier molecular flexibility index (Phi) is 2.94. The maximum atomic E-state index is 5.26. The molecule has 0 radical (unpaired) electrons. The molecule has 2 heterocycles. The van der Waals surface area contributed by atoms with E-state index in [1.807, 2.05) is 6.07 Å². The van der Waals surface area contributed by atoms with Crippen molar-refractivity contribution in [2.75, 3.05) is 32.8 Å². The minimum absolute atomic E-state index is 0.860. The number of rotatable bonds is 3. The predicted octanol–water partition coefficient (Wildman–Crippen LogP) is 0.549. The van der Waals surface area contributed by atoms with Crippen molar-refractivity contribution in [1.29, 1.82) is 0 Å².